The van der Waals surface area contributed by atoms with Crippen LogP contribution in [-0.2, 0) is 40.0 Å². The molecule has 0 bridgehead atoms. The molecular formula is C28H43N7O8. The molecule has 0 aliphatic heterocycles. The molecule has 0 heterocycles. The number of carboxylic acid groups (broad SMARTS) is 1. The van der Waals surface area contributed by atoms with E-state index in [9.17, 15) is 33.6 Å². The third kappa shape index (κ3) is 14.3. The zero-order valence-corrected chi connectivity index (χ0v) is 24.8. The number of hydrogen-bond acceptors (Lipinski definition) is 8. The molecule has 5 atom stereocenters. The van der Waals surface area contributed by atoms with Crippen molar-refractivity contribution in [3.8, 4) is 0 Å². The summed E-state index contributed by atoms with van der Waals surface area (Å²) >= 11 is 0. The zero-order valence-electron chi connectivity index (χ0n) is 24.8. The lowest BCUT2D eigenvalue weighted by Crippen LogP contribution is -2.56. The van der Waals surface area contributed by atoms with Gasteiger partial charge in [0.2, 0.25) is 35.4 Å². The van der Waals surface area contributed by atoms with E-state index in [-0.39, 0.29) is 25.2 Å². The Kier molecular flexibility index (Phi) is 15.4. The van der Waals surface area contributed by atoms with Crippen LogP contribution in [0.4, 0.5) is 0 Å². The van der Waals surface area contributed by atoms with E-state index in [1.807, 2.05) is 44.2 Å². The van der Waals surface area contributed by atoms with Gasteiger partial charge in [-0.2, -0.15) is 0 Å². The molecule has 0 aliphatic carbocycles. The van der Waals surface area contributed by atoms with Crippen LogP contribution in [0.1, 0.15) is 52.5 Å². The Morgan fingerprint density at radius 2 is 1.37 bits per heavy atom. The second-order valence-corrected chi connectivity index (χ2v) is 10.6. The molecule has 1 rings (SSSR count). The molecule has 0 saturated carbocycles. The molecule has 0 aromatic heterocycles. The van der Waals surface area contributed by atoms with Gasteiger partial charge in [-0.1, -0.05) is 44.2 Å². The van der Waals surface area contributed by atoms with E-state index < -0.39 is 84.6 Å². The molecule has 15 nitrogen and oxygen atoms in total. The lowest BCUT2D eigenvalue weighted by molar-refractivity contribution is -0.138. The smallest absolute Gasteiger partial charge is 0.303 e. The van der Waals surface area contributed by atoms with Gasteiger partial charge in [-0.15, -0.1) is 0 Å². The number of nitrogens with one attached hydrogen (secondary N) is 5. The van der Waals surface area contributed by atoms with E-state index in [0.717, 1.165) is 5.56 Å². The number of aliphatic carboxylic acids is 1. The summed E-state index contributed by atoms with van der Waals surface area (Å²) in [5.41, 5.74) is 12.0. The van der Waals surface area contributed by atoms with Crippen molar-refractivity contribution in [2.75, 3.05) is 6.54 Å². The lowest BCUT2D eigenvalue weighted by Gasteiger charge is -2.24. The molecule has 0 fully saturated rings. The molecule has 6 amide bonds. The third-order valence-electron chi connectivity index (χ3n) is 6.23. The Bertz CT molecular complexity index is 1150. The number of primary amides is 1. The minimum absolute atomic E-state index is 0.0367. The summed E-state index contributed by atoms with van der Waals surface area (Å²) in [5, 5.41) is 21.1. The van der Waals surface area contributed by atoms with E-state index in [0.29, 0.717) is 0 Å². The van der Waals surface area contributed by atoms with Gasteiger partial charge in [-0.3, -0.25) is 33.6 Å². The highest BCUT2D eigenvalue weighted by atomic mass is 16.4. The van der Waals surface area contributed by atoms with Crippen LogP contribution in [0.5, 0.6) is 0 Å². The van der Waals surface area contributed by atoms with Crippen LogP contribution in [0.3, 0.4) is 0 Å². The Morgan fingerprint density at radius 3 is 1.93 bits per heavy atom. The van der Waals surface area contributed by atoms with Gasteiger partial charge in [0.25, 0.3) is 0 Å². The number of rotatable bonds is 18. The Balaban J connectivity index is 2.75. The highest BCUT2D eigenvalue weighted by Gasteiger charge is 2.28. The predicted molar refractivity (Wildman–Crippen MR) is 156 cm³/mol. The van der Waals surface area contributed by atoms with Crippen molar-refractivity contribution in [1.29, 1.82) is 0 Å². The van der Waals surface area contributed by atoms with Gasteiger partial charge in [0, 0.05) is 6.42 Å². The predicted octanol–water partition coefficient (Wildman–Crippen LogP) is -1.95. The minimum Gasteiger partial charge on any atom is -0.481 e. The standard InChI is InChI=1S/C28H43N7O8/c1-15(2)12-21(35-25(40)17(4)33-26(41)19(29)13-18-8-6-5-7-9-18)27(42)31-14-22(36)34-20(10-11-23(37)38)28(43)32-16(3)24(30)39/h5-9,15-17,19-21H,10-14,29H2,1-4H3,(H2,30,39)(H,31,42)(H,32,43)(H,33,41)(H,34,36)(H,35,40)(H,37,38)/t16-,17-,19-,20-,21-/m0/s1. The van der Waals surface area contributed by atoms with Gasteiger partial charge in [0.15, 0.2) is 0 Å². The van der Waals surface area contributed by atoms with Gasteiger partial charge in [0.05, 0.1) is 12.6 Å². The van der Waals surface area contributed by atoms with Crippen LogP contribution in [0.25, 0.3) is 0 Å². The first-order chi connectivity index (χ1) is 20.1. The first kappa shape index (κ1) is 36.5. The summed E-state index contributed by atoms with van der Waals surface area (Å²) < 4.78 is 0. The highest BCUT2D eigenvalue weighted by Crippen LogP contribution is 2.06. The Morgan fingerprint density at radius 1 is 0.767 bits per heavy atom. The molecule has 0 radical (unpaired) electrons. The van der Waals surface area contributed by atoms with Crippen LogP contribution < -0.4 is 38.1 Å². The molecule has 0 saturated heterocycles. The summed E-state index contributed by atoms with van der Waals surface area (Å²) in [6.07, 6.45) is -0.256. The maximum atomic E-state index is 12.9. The van der Waals surface area contributed by atoms with Gasteiger partial charge >= 0.3 is 5.97 Å². The van der Waals surface area contributed by atoms with Gasteiger partial charge in [0.1, 0.15) is 24.2 Å². The number of carbonyl (C=O) groups excluding carboxylic acids is 6. The average molecular weight is 606 g/mol. The van der Waals surface area contributed by atoms with Crippen LogP contribution in [0.15, 0.2) is 30.3 Å². The zero-order chi connectivity index (χ0) is 32.7. The van der Waals surface area contributed by atoms with Crippen molar-refractivity contribution in [3.05, 3.63) is 35.9 Å². The number of benzene rings is 1. The molecule has 1 aromatic rings. The van der Waals surface area contributed by atoms with Crippen LogP contribution >= 0.6 is 0 Å². The first-order valence-electron chi connectivity index (χ1n) is 13.9. The van der Waals surface area contributed by atoms with Crippen molar-refractivity contribution < 1.29 is 38.7 Å². The SMILES string of the molecule is CC(C)C[C@H](NC(=O)[C@H](C)NC(=O)[C@@H](N)Cc1ccccc1)C(=O)NCC(=O)N[C@@H](CCC(=O)O)C(=O)N[C@@H](C)C(N)=O. The van der Waals surface area contributed by atoms with E-state index in [4.69, 9.17) is 16.6 Å². The maximum absolute atomic E-state index is 12.9. The highest BCUT2D eigenvalue weighted by molar-refractivity contribution is 5.95. The van der Waals surface area contributed by atoms with Crippen LogP contribution in [-0.4, -0.2) is 83.3 Å². The molecule has 43 heavy (non-hydrogen) atoms. The van der Waals surface area contributed by atoms with Crippen molar-refractivity contribution in [2.24, 2.45) is 17.4 Å². The summed E-state index contributed by atoms with van der Waals surface area (Å²) in [5.74, 6) is -5.58. The second-order valence-electron chi connectivity index (χ2n) is 10.6. The molecule has 238 valence electrons. The molecule has 0 unspecified atom stereocenters. The number of amides is 6. The van der Waals surface area contributed by atoms with E-state index in [1.165, 1.54) is 13.8 Å². The normalized spacial score (nSPS) is 14.3. The minimum atomic E-state index is -1.31. The summed E-state index contributed by atoms with van der Waals surface area (Å²) in [7, 11) is 0. The fourth-order valence-corrected chi connectivity index (χ4v) is 3.80. The number of hydrogen-bond donors (Lipinski definition) is 8. The number of nitrogens with two attached hydrogens (primary N) is 2. The average Bonchev–Trinajstić information content (AvgIpc) is 2.93. The van der Waals surface area contributed by atoms with Crippen LogP contribution in [0.2, 0.25) is 0 Å². The van der Waals surface area contributed by atoms with Crippen molar-refractivity contribution >= 4 is 41.4 Å². The molecule has 15 heteroatoms. The molecule has 10 N–H and O–H groups in total. The summed E-state index contributed by atoms with van der Waals surface area (Å²) in [6, 6.07) is 3.78. The fourth-order valence-electron chi connectivity index (χ4n) is 3.80. The molecule has 0 aliphatic rings. The lowest BCUT2D eigenvalue weighted by atomic mass is 10.0. The van der Waals surface area contributed by atoms with E-state index >= 15 is 0 Å². The Labute approximate surface area is 250 Å². The first-order valence-corrected chi connectivity index (χ1v) is 13.9. The second kappa shape index (κ2) is 18.1. The Hall–Kier alpha value is -4.53. The third-order valence-corrected chi connectivity index (χ3v) is 6.23. The largest absolute Gasteiger partial charge is 0.481 e. The van der Waals surface area contributed by atoms with Gasteiger partial charge < -0.3 is 43.2 Å². The van der Waals surface area contributed by atoms with E-state index in [1.54, 1.807) is 0 Å². The number of carbonyl (C=O) groups is 7. The van der Waals surface area contributed by atoms with Crippen molar-refractivity contribution in [3.63, 3.8) is 0 Å². The maximum Gasteiger partial charge on any atom is 0.303 e. The summed E-state index contributed by atoms with van der Waals surface area (Å²) in [4.78, 5) is 85.5. The monoisotopic (exact) mass is 605 g/mol. The molecule has 1 aromatic carbocycles. The molecular weight excluding hydrogens is 562 g/mol. The topological polar surface area (TPSA) is 252 Å². The fraction of sp³-hybridized carbons (Fsp3) is 0.536. The van der Waals surface area contributed by atoms with Crippen molar-refractivity contribution in [2.45, 2.75) is 83.6 Å². The van der Waals surface area contributed by atoms with Crippen molar-refractivity contribution in [1.82, 2.24) is 26.6 Å². The molecule has 0 spiro atoms. The van der Waals surface area contributed by atoms with Gasteiger partial charge in [-0.05, 0) is 44.6 Å². The van der Waals surface area contributed by atoms with Gasteiger partial charge in [-0.25, -0.2) is 0 Å². The summed E-state index contributed by atoms with van der Waals surface area (Å²) in [6.45, 7) is 5.83. The van der Waals surface area contributed by atoms with Crippen LogP contribution in [0, 0.1) is 5.92 Å². The van der Waals surface area contributed by atoms with E-state index in [2.05, 4.69) is 26.6 Å². The quantitative estimate of drug-likeness (QED) is 0.0924. The number of carboxylic acids is 1.